The van der Waals surface area contributed by atoms with Gasteiger partial charge >= 0.3 is 6.03 Å². The van der Waals surface area contributed by atoms with Gasteiger partial charge in [0.1, 0.15) is 12.4 Å². The minimum atomic E-state index is -0.593. The molecule has 1 aliphatic heterocycles. The molecule has 4 N–H and O–H groups in total. The fourth-order valence-electron chi connectivity index (χ4n) is 2.38. The number of nitrogens with two attached hydrogens (primary N) is 1. The first kappa shape index (κ1) is 15.2. The summed E-state index contributed by atoms with van der Waals surface area (Å²) in [5.74, 6) is -1.11. The Balaban J connectivity index is 2.10. The van der Waals surface area contributed by atoms with E-state index < -0.39 is 17.8 Å². The highest BCUT2D eigenvalue weighted by atomic mass is 19.1. The number of rotatable bonds is 4. The molecular formula is C14H19FN4O2. The quantitative estimate of drug-likeness (QED) is 0.771. The molecule has 3 amide bonds. The molecule has 1 unspecified atom stereocenters. The van der Waals surface area contributed by atoms with Crippen LogP contribution in [0.5, 0.6) is 0 Å². The molecule has 0 spiro atoms. The molecule has 1 atom stereocenters. The summed E-state index contributed by atoms with van der Waals surface area (Å²) in [6, 6.07) is 5.24. The van der Waals surface area contributed by atoms with Crippen LogP contribution >= 0.6 is 0 Å². The van der Waals surface area contributed by atoms with Crippen LogP contribution in [-0.2, 0) is 4.79 Å². The van der Waals surface area contributed by atoms with Crippen LogP contribution in [-0.4, -0.2) is 42.5 Å². The first-order valence-corrected chi connectivity index (χ1v) is 6.89. The summed E-state index contributed by atoms with van der Waals surface area (Å²) in [6.45, 7) is 1.29. The Bertz CT molecular complexity index is 517. The molecule has 1 aromatic carbocycles. The largest absolute Gasteiger partial charge is 0.368 e. The summed E-state index contributed by atoms with van der Waals surface area (Å²) in [7, 11) is 0. The second-order valence-corrected chi connectivity index (χ2v) is 5.00. The molecule has 7 heteroatoms. The van der Waals surface area contributed by atoms with Gasteiger partial charge in [0.25, 0.3) is 0 Å². The summed E-state index contributed by atoms with van der Waals surface area (Å²) in [5, 5.41) is 5.66. The van der Waals surface area contributed by atoms with Crippen molar-refractivity contribution in [2.75, 3.05) is 25.0 Å². The van der Waals surface area contributed by atoms with Gasteiger partial charge in [0.15, 0.2) is 0 Å². The number of halogens is 1. The lowest BCUT2D eigenvalue weighted by molar-refractivity contribution is -0.119. The Morgan fingerprint density at radius 2 is 2.19 bits per heavy atom. The molecule has 0 radical (unpaired) electrons. The van der Waals surface area contributed by atoms with E-state index in [0.29, 0.717) is 6.54 Å². The first-order chi connectivity index (χ1) is 10.1. The lowest BCUT2D eigenvalue weighted by Crippen LogP contribution is -2.52. The van der Waals surface area contributed by atoms with Crippen molar-refractivity contribution >= 4 is 17.6 Å². The van der Waals surface area contributed by atoms with E-state index in [1.54, 1.807) is 6.07 Å². The van der Waals surface area contributed by atoms with Gasteiger partial charge in [-0.15, -0.1) is 0 Å². The fraction of sp³-hybridized carbons (Fsp3) is 0.429. The molecule has 0 bridgehead atoms. The van der Waals surface area contributed by atoms with Crippen LogP contribution in [0.2, 0.25) is 0 Å². The van der Waals surface area contributed by atoms with Crippen molar-refractivity contribution in [3.05, 3.63) is 30.1 Å². The SMILES string of the molecule is NC(=O)CN(C(=O)Nc1ccccc1F)C1CCCNC1. The van der Waals surface area contributed by atoms with Gasteiger partial charge in [-0.2, -0.15) is 0 Å². The molecule has 0 aromatic heterocycles. The van der Waals surface area contributed by atoms with Gasteiger partial charge in [-0.1, -0.05) is 12.1 Å². The first-order valence-electron chi connectivity index (χ1n) is 6.89. The van der Waals surface area contributed by atoms with E-state index in [1.807, 2.05) is 0 Å². The number of piperidine rings is 1. The van der Waals surface area contributed by atoms with E-state index in [4.69, 9.17) is 5.73 Å². The van der Waals surface area contributed by atoms with E-state index in [9.17, 15) is 14.0 Å². The van der Waals surface area contributed by atoms with Crippen molar-refractivity contribution in [1.29, 1.82) is 0 Å². The van der Waals surface area contributed by atoms with E-state index in [0.717, 1.165) is 19.4 Å². The lowest BCUT2D eigenvalue weighted by Gasteiger charge is -2.33. The highest BCUT2D eigenvalue weighted by molar-refractivity contribution is 5.92. The van der Waals surface area contributed by atoms with Crippen molar-refractivity contribution in [2.24, 2.45) is 5.73 Å². The number of nitrogens with one attached hydrogen (secondary N) is 2. The van der Waals surface area contributed by atoms with Gasteiger partial charge < -0.3 is 21.3 Å². The Hall–Kier alpha value is -2.15. The van der Waals surface area contributed by atoms with Crippen LogP contribution in [0.1, 0.15) is 12.8 Å². The Morgan fingerprint density at radius 1 is 1.43 bits per heavy atom. The van der Waals surface area contributed by atoms with Gasteiger partial charge in [0, 0.05) is 12.6 Å². The maximum atomic E-state index is 13.6. The third-order valence-electron chi connectivity index (χ3n) is 3.41. The summed E-state index contributed by atoms with van der Waals surface area (Å²) < 4.78 is 13.6. The number of carbonyl (C=O) groups excluding carboxylic acids is 2. The topological polar surface area (TPSA) is 87.5 Å². The van der Waals surface area contributed by atoms with Crippen molar-refractivity contribution in [3.8, 4) is 0 Å². The minimum Gasteiger partial charge on any atom is -0.368 e. The standard InChI is InChI=1S/C14H19FN4O2/c15-11-5-1-2-6-12(11)18-14(21)19(9-13(16)20)10-4-3-7-17-8-10/h1-2,5-6,10,17H,3-4,7-9H2,(H2,16,20)(H,18,21). The fourth-order valence-corrected chi connectivity index (χ4v) is 2.38. The Morgan fingerprint density at radius 3 is 2.81 bits per heavy atom. The number of carbonyl (C=O) groups is 2. The van der Waals surface area contributed by atoms with E-state index >= 15 is 0 Å². The highest BCUT2D eigenvalue weighted by Gasteiger charge is 2.27. The number of anilines is 1. The Kier molecular flexibility index (Phi) is 5.10. The molecule has 0 saturated carbocycles. The third kappa shape index (κ3) is 4.16. The minimum absolute atomic E-state index is 0.0840. The molecule has 1 saturated heterocycles. The van der Waals surface area contributed by atoms with E-state index in [1.165, 1.54) is 23.1 Å². The number of para-hydroxylation sites is 1. The monoisotopic (exact) mass is 294 g/mol. The van der Waals surface area contributed by atoms with E-state index in [2.05, 4.69) is 10.6 Å². The van der Waals surface area contributed by atoms with Crippen LogP contribution < -0.4 is 16.4 Å². The molecule has 1 aliphatic rings. The molecule has 1 heterocycles. The van der Waals surface area contributed by atoms with Crippen LogP contribution in [0, 0.1) is 5.82 Å². The van der Waals surface area contributed by atoms with Gasteiger partial charge in [-0.3, -0.25) is 4.79 Å². The number of hydrogen-bond acceptors (Lipinski definition) is 3. The van der Waals surface area contributed by atoms with Crippen LogP contribution in [0.25, 0.3) is 0 Å². The average molecular weight is 294 g/mol. The van der Waals surface area contributed by atoms with Gasteiger partial charge in [-0.05, 0) is 31.5 Å². The molecule has 6 nitrogen and oxygen atoms in total. The second kappa shape index (κ2) is 7.03. The predicted molar refractivity (Wildman–Crippen MR) is 77.2 cm³/mol. The molecular weight excluding hydrogens is 275 g/mol. The highest BCUT2D eigenvalue weighted by Crippen LogP contribution is 2.16. The smallest absolute Gasteiger partial charge is 0.322 e. The Labute approximate surface area is 122 Å². The average Bonchev–Trinajstić information content (AvgIpc) is 2.48. The number of amides is 3. The molecule has 0 aliphatic carbocycles. The molecule has 2 rings (SSSR count). The molecule has 114 valence electrons. The lowest BCUT2D eigenvalue weighted by atomic mass is 10.1. The zero-order chi connectivity index (χ0) is 15.2. The predicted octanol–water partition coefficient (Wildman–Crippen LogP) is 0.897. The van der Waals surface area contributed by atoms with Gasteiger partial charge in [0.2, 0.25) is 5.91 Å². The maximum absolute atomic E-state index is 13.6. The number of nitrogens with zero attached hydrogens (tertiary/aromatic N) is 1. The maximum Gasteiger partial charge on any atom is 0.322 e. The van der Waals surface area contributed by atoms with Crippen molar-refractivity contribution in [3.63, 3.8) is 0 Å². The van der Waals surface area contributed by atoms with Crippen molar-refractivity contribution in [1.82, 2.24) is 10.2 Å². The van der Waals surface area contributed by atoms with Crippen LogP contribution in [0.3, 0.4) is 0 Å². The molecule has 1 aromatic rings. The number of benzene rings is 1. The van der Waals surface area contributed by atoms with E-state index in [-0.39, 0.29) is 18.3 Å². The summed E-state index contributed by atoms with van der Waals surface area (Å²) in [6.07, 6.45) is 1.69. The zero-order valence-electron chi connectivity index (χ0n) is 11.6. The summed E-state index contributed by atoms with van der Waals surface area (Å²) in [4.78, 5) is 24.9. The van der Waals surface area contributed by atoms with Gasteiger partial charge in [-0.25, -0.2) is 9.18 Å². The van der Waals surface area contributed by atoms with Crippen molar-refractivity contribution < 1.29 is 14.0 Å². The number of hydrogen-bond donors (Lipinski definition) is 3. The zero-order valence-corrected chi connectivity index (χ0v) is 11.6. The van der Waals surface area contributed by atoms with Gasteiger partial charge in [0.05, 0.1) is 5.69 Å². The number of primary amides is 1. The molecule has 1 fully saturated rings. The molecule has 21 heavy (non-hydrogen) atoms. The van der Waals surface area contributed by atoms with Crippen LogP contribution in [0.15, 0.2) is 24.3 Å². The normalized spacial score (nSPS) is 18.0. The number of urea groups is 1. The third-order valence-corrected chi connectivity index (χ3v) is 3.41. The second-order valence-electron chi connectivity index (χ2n) is 5.00. The van der Waals surface area contributed by atoms with Crippen LogP contribution in [0.4, 0.5) is 14.9 Å². The van der Waals surface area contributed by atoms with Crippen molar-refractivity contribution in [2.45, 2.75) is 18.9 Å². The summed E-state index contributed by atoms with van der Waals surface area (Å²) in [5.41, 5.74) is 5.29. The summed E-state index contributed by atoms with van der Waals surface area (Å²) >= 11 is 0.